The molecule has 0 saturated carbocycles. The van der Waals surface area contributed by atoms with Gasteiger partial charge in [-0.3, -0.25) is 14.2 Å². The van der Waals surface area contributed by atoms with Crippen LogP contribution in [0.5, 0.6) is 0 Å². The Balaban J connectivity index is 1.36. The molecule has 10 heteroatoms. The van der Waals surface area contributed by atoms with E-state index in [4.69, 9.17) is 9.84 Å². The highest BCUT2D eigenvalue weighted by atomic mass is 19.1. The van der Waals surface area contributed by atoms with E-state index in [0.717, 1.165) is 48.3 Å². The lowest BCUT2D eigenvalue weighted by molar-refractivity contribution is -0.129. The molecule has 35 heavy (non-hydrogen) atoms. The highest BCUT2D eigenvalue weighted by Gasteiger charge is 2.27. The number of rotatable bonds is 7. The van der Waals surface area contributed by atoms with Gasteiger partial charge in [0.25, 0.3) is 0 Å². The molecule has 2 aromatic heterocycles. The summed E-state index contributed by atoms with van der Waals surface area (Å²) in [6.07, 6.45) is 6.59. The van der Waals surface area contributed by atoms with Crippen LogP contribution < -0.4 is 10.6 Å². The third-order valence-corrected chi connectivity index (χ3v) is 6.78. The van der Waals surface area contributed by atoms with Gasteiger partial charge in [-0.25, -0.2) is 4.39 Å². The van der Waals surface area contributed by atoms with Crippen molar-refractivity contribution in [2.24, 2.45) is 7.05 Å². The van der Waals surface area contributed by atoms with Gasteiger partial charge in [-0.2, -0.15) is 10.2 Å². The number of piperidine rings is 1. The van der Waals surface area contributed by atoms with Crippen LogP contribution in [0.25, 0.3) is 11.1 Å². The summed E-state index contributed by atoms with van der Waals surface area (Å²) in [6.45, 7) is 5.85. The molecule has 4 heterocycles. The van der Waals surface area contributed by atoms with Gasteiger partial charge >= 0.3 is 0 Å². The largest absolute Gasteiger partial charge is 0.376 e. The number of fused-ring (bicyclic) bond motifs is 1. The SMILES string of the molecule is CC(=O)N1CCc2c(c(Nc3ccc(-c4cnn(C)c4)cc3F)nn2CCOC2CCNCC2)C1. The molecule has 5 rings (SSSR count). The molecule has 1 fully saturated rings. The van der Waals surface area contributed by atoms with Gasteiger partial charge < -0.3 is 20.3 Å². The fourth-order valence-corrected chi connectivity index (χ4v) is 4.81. The number of anilines is 2. The maximum absolute atomic E-state index is 15.1. The topological polar surface area (TPSA) is 89.2 Å². The monoisotopic (exact) mass is 481 g/mol. The average molecular weight is 482 g/mol. The van der Waals surface area contributed by atoms with Crippen molar-refractivity contribution in [3.63, 3.8) is 0 Å². The number of amides is 1. The minimum atomic E-state index is -0.372. The van der Waals surface area contributed by atoms with Crippen molar-refractivity contribution in [1.29, 1.82) is 0 Å². The number of benzene rings is 1. The minimum Gasteiger partial charge on any atom is -0.376 e. The molecule has 3 aromatic rings. The number of nitrogens with one attached hydrogen (secondary N) is 2. The van der Waals surface area contributed by atoms with Crippen LogP contribution in [0.1, 0.15) is 31.0 Å². The van der Waals surface area contributed by atoms with Crippen molar-refractivity contribution in [3.05, 3.63) is 47.7 Å². The van der Waals surface area contributed by atoms with E-state index in [9.17, 15) is 4.79 Å². The fraction of sp³-hybridized carbons (Fsp3) is 0.480. The Morgan fingerprint density at radius 1 is 1.29 bits per heavy atom. The molecule has 0 bridgehead atoms. The van der Waals surface area contributed by atoms with Crippen molar-refractivity contribution in [1.82, 2.24) is 29.8 Å². The first-order valence-electron chi connectivity index (χ1n) is 12.2. The summed E-state index contributed by atoms with van der Waals surface area (Å²) in [6, 6.07) is 5.08. The van der Waals surface area contributed by atoms with Gasteiger partial charge in [0.1, 0.15) is 5.82 Å². The Bertz CT molecular complexity index is 1200. The molecule has 2 aliphatic rings. The van der Waals surface area contributed by atoms with Gasteiger partial charge in [0.05, 0.1) is 37.7 Å². The predicted molar refractivity (Wildman–Crippen MR) is 131 cm³/mol. The lowest BCUT2D eigenvalue weighted by Gasteiger charge is -2.27. The quantitative estimate of drug-likeness (QED) is 0.540. The molecule has 0 spiro atoms. The normalized spacial score (nSPS) is 16.4. The van der Waals surface area contributed by atoms with Crippen molar-refractivity contribution < 1.29 is 13.9 Å². The molecule has 2 N–H and O–H groups in total. The zero-order chi connectivity index (χ0) is 24.4. The highest BCUT2D eigenvalue weighted by Crippen LogP contribution is 2.31. The molecule has 186 valence electrons. The molecule has 1 amide bonds. The Morgan fingerprint density at radius 2 is 2.11 bits per heavy atom. The van der Waals surface area contributed by atoms with Gasteiger partial charge in [0, 0.05) is 50.0 Å². The lowest BCUT2D eigenvalue weighted by Crippen LogP contribution is -2.35. The van der Waals surface area contributed by atoms with Crippen LogP contribution in [-0.2, 0) is 36.1 Å². The maximum atomic E-state index is 15.1. The van der Waals surface area contributed by atoms with E-state index < -0.39 is 0 Å². The van der Waals surface area contributed by atoms with E-state index in [1.165, 1.54) is 6.07 Å². The van der Waals surface area contributed by atoms with Gasteiger partial charge in [-0.15, -0.1) is 0 Å². The number of nitrogens with zero attached hydrogens (tertiary/aromatic N) is 5. The maximum Gasteiger partial charge on any atom is 0.219 e. The van der Waals surface area contributed by atoms with E-state index in [1.54, 1.807) is 28.8 Å². The van der Waals surface area contributed by atoms with Gasteiger partial charge in [0.2, 0.25) is 5.91 Å². The van der Waals surface area contributed by atoms with Gasteiger partial charge in [-0.1, -0.05) is 6.07 Å². The van der Waals surface area contributed by atoms with Crippen molar-refractivity contribution in [2.45, 2.75) is 45.4 Å². The smallest absolute Gasteiger partial charge is 0.219 e. The van der Waals surface area contributed by atoms with E-state index in [2.05, 4.69) is 15.7 Å². The standard InChI is InChI=1S/C25H32FN7O2/c1-17(34)32-10-7-24-21(16-32)25(30-33(24)11-12-35-20-5-8-27-9-6-20)29-23-4-3-18(13-22(23)26)19-14-28-31(2)15-19/h3-4,13-15,20,27H,5-12,16H2,1-2H3,(H,29,30). The van der Waals surface area contributed by atoms with Gasteiger partial charge in [-0.05, 0) is 43.6 Å². The number of aromatic nitrogens is 4. The van der Waals surface area contributed by atoms with Crippen LogP contribution >= 0.6 is 0 Å². The molecule has 2 aliphatic heterocycles. The number of aryl methyl sites for hydroxylation is 1. The van der Waals surface area contributed by atoms with Crippen molar-refractivity contribution in [2.75, 3.05) is 31.6 Å². The first kappa shape index (κ1) is 23.5. The molecule has 1 aromatic carbocycles. The number of hydrogen-bond donors (Lipinski definition) is 2. The number of ether oxygens (including phenoxy) is 1. The first-order chi connectivity index (χ1) is 17.0. The van der Waals surface area contributed by atoms with E-state index >= 15 is 4.39 Å². The molecular weight excluding hydrogens is 449 g/mol. The summed E-state index contributed by atoms with van der Waals surface area (Å²) < 4.78 is 24.8. The van der Waals surface area contributed by atoms with Crippen LogP contribution in [0.3, 0.4) is 0 Å². The van der Waals surface area contributed by atoms with Crippen molar-refractivity contribution in [3.8, 4) is 11.1 Å². The summed E-state index contributed by atoms with van der Waals surface area (Å²) in [5.74, 6) is 0.236. The first-order valence-corrected chi connectivity index (χ1v) is 12.2. The van der Waals surface area contributed by atoms with Crippen molar-refractivity contribution >= 4 is 17.4 Å². The lowest BCUT2D eigenvalue weighted by atomic mass is 10.1. The molecule has 9 nitrogen and oxygen atoms in total. The molecule has 0 aliphatic carbocycles. The Morgan fingerprint density at radius 3 is 2.83 bits per heavy atom. The number of carbonyl (C=O) groups excluding carboxylic acids is 1. The summed E-state index contributed by atoms with van der Waals surface area (Å²) in [5, 5.41) is 15.5. The van der Waals surface area contributed by atoms with Crippen LogP contribution in [0, 0.1) is 5.82 Å². The second-order valence-electron chi connectivity index (χ2n) is 9.23. The molecule has 1 saturated heterocycles. The van der Waals surface area contributed by atoms with E-state index in [-0.39, 0.29) is 17.8 Å². The average Bonchev–Trinajstić information content (AvgIpc) is 3.44. The third-order valence-electron chi connectivity index (χ3n) is 6.78. The zero-order valence-electron chi connectivity index (χ0n) is 20.3. The molecule has 0 atom stereocenters. The number of hydrogen-bond acceptors (Lipinski definition) is 6. The Hall–Kier alpha value is -3.24. The Labute approximate surface area is 204 Å². The van der Waals surface area contributed by atoms with Crippen LogP contribution in [0.15, 0.2) is 30.6 Å². The summed E-state index contributed by atoms with van der Waals surface area (Å²) in [5.41, 5.74) is 3.96. The second-order valence-corrected chi connectivity index (χ2v) is 9.23. The predicted octanol–water partition coefficient (Wildman–Crippen LogP) is 2.84. The molecule has 0 unspecified atom stereocenters. The fourth-order valence-electron chi connectivity index (χ4n) is 4.81. The van der Waals surface area contributed by atoms with Crippen LogP contribution in [-0.4, -0.2) is 62.7 Å². The number of halogens is 1. The van der Waals surface area contributed by atoms with E-state index in [1.807, 2.05) is 24.0 Å². The highest BCUT2D eigenvalue weighted by molar-refractivity contribution is 5.74. The second kappa shape index (κ2) is 10.2. The van der Waals surface area contributed by atoms with E-state index in [0.29, 0.717) is 44.2 Å². The number of carbonyl (C=O) groups is 1. The Kier molecular flexibility index (Phi) is 6.83. The zero-order valence-corrected chi connectivity index (χ0v) is 20.3. The third kappa shape index (κ3) is 5.23. The summed E-state index contributed by atoms with van der Waals surface area (Å²) >= 11 is 0. The van der Waals surface area contributed by atoms with Crippen LogP contribution in [0.2, 0.25) is 0 Å². The molecular formula is C25H32FN7O2. The van der Waals surface area contributed by atoms with Gasteiger partial charge in [0.15, 0.2) is 5.82 Å². The van der Waals surface area contributed by atoms with Crippen LogP contribution in [0.4, 0.5) is 15.9 Å². The minimum absolute atomic E-state index is 0.0237. The summed E-state index contributed by atoms with van der Waals surface area (Å²) in [4.78, 5) is 13.8. The summed E-state index contributed by atoms with van der Waals surface area (Å²) in [7, 11) is 1.83. The molecule has 0 radical (unpaired) electrons.